The molecule has 1 unspecified atom stereocenters. The van der Waals surface area contributed by atoms with E-state index in [1.165, 1.54) is 0 Å². The Kier molecular flexibility index (Phi) is 7.86. The summed E-state index contributed by atoms with van der Waals surface area (Å²) < 4.78 is 5.67. The topological polar surface area (TPSA) is 58.6 Å². The number of likely N-dealkylation sites (N-methyl/N-ethyl adjacent to an activating group) is 1. The van der Waals surface area contributed by atoms with Crippen molar-refractivity contribution >= 4 is 11.8 Å². The van der Waals surface area contributed by atoms with Crippen LogP contribution in [0.15, 0.2) is 54.6 Å². The van der Waals surface area contributed by atoms with Crippen LogP contribution in [0.5, 0.6) is 5.75 Å². The van der Waals surface area contributed by atoms with Crippen LogP contribution in [0.2, 0.25) is 0 Å². The molecular weight excluding hydrogens is 340 g/mol. The molecule has 144 valence electrons. The Bertz CT molecular complexity index is 746. The maximum absolute atomic E-state index is 12.9. The summed E-state index contributed by atoms with van der Waals surface area (Å²) in [6.07, 6.45) is 1.23. The first kappa shape index (κ1) is 20.5. The van der Waals surface area contributed by atoms with Crippen molar-refractivity contribution in [3.05, 3.63) is 65.7 Å². The van der Waals surface area contributed by atoms with Gasteiger partial charge < -0.3 is 15.0 Å². The van der Waals surface area contributed by atoms with Gasteiger partial charge in [0.2, 0.25) is 5.91 Å². The highest BCUT2D eigenvalue weighted by atomic mass is 16.5. The number of nitrogens with one attached hydrogen (secondary N) is 1. The molecule has 0 aliphatic rings. The Hall–Kier alpha value is -2.82. The van der Waals surface area contributed by atoms with E-state index >= 15 is 0 Å². The van der Waals surface area contributed by atoms with Crippen LogP contribution in [0.1, 0.15) is 24.5 Å². The van der Waals surface area contributed by atoms with E-state index in [4.69, 9.17) is 4.74 Å². The standard InChI is InChI=1S/C22H28N2O3/c1-4-20(22(26)23-3)24(14-13-18-10-6-5-7-11-18)21(25)16-27-19-12-8-9-17(2)15-19/h5-12,15,20H,4,13-14,16H2,1-3H3,(H,23,26). The van der Waals surface area contributed by atoms with Gasteiger partial charge in [0.15, 0.2) is 6.61 Å². The number of hydrogen-bond acceptors (Lipinski definition) is 3. The fourth-order valence-corrected chi connectivity index (χ4v) is 3.00. The summed E-state index contributed by atoms with van der Waals surface area (Å²) >= 11 is 0. The van der Waals surface area contributed by atoms with Gasteiger partial charge in [-0.3, -0.25) is 9.59 Å². The van der Waals surface area contributed by atoms with Crippen molar-refractivity contribution in [2.24, 2.45) is 0 Å². The van der Waals surface area contributed by atoms with Gasteiger partial charge in [0.1, 0.15) is 11.8 Å². The molecule has 2 aromatic carbocycles. The van der Waals surface area contributed by atoms with E-state index in [0.717, 1.165) is 11.1 Å². The highest BCUT2D eigenvalue weighted by Crippen LogP contribution is 2.14. The normalized spacial score (nSPS) is 11.5. The molecule has 0 aromatic heterocycles. The maximum Gasteiger partial charge on any atom is 0.261 e. The van der Waals surface area contributed by atoms with E-state index in [-0.39, 0.29) is 18.4 Å². The maximum atomic E-state index is 12.9. The first-order valence-electron chi connectivity index (χ1n) is 9.29. The molecule has 1 N–H and O–H groups in total. The molecule has 0 saturated carbocycles. The van der Waals surface area contributed by atoms with E-state index in [0.29, 0.717) is 25.1 Å². The van der Waals surface area contributed by atoms with Crippen molar-refractivity contribution < 1.29 is 14.3 Å². The molecule has 0 heterocycles. The summed E-state index contributed by atoms with van der Waals surface area (Å²) in [6, 6.07) is 17.0. The lowest BCUT2D eigenvalue weighted by molar-refractivity contribution is -0.142. The zero-order valence-electron chi connectivity index (χ0n) is 16.3. The number of hydrogen-bond donors (Lipinski definition) is 1. The highest BCUT2D eigenvalue weighted by molar-refractivity contribution is 5.88. The Labute approximate surface area is 161 Å². The summed E-state index contributed by atoms with van der Waals surface area (Å²) in [6.45, 7) is 4.25. The molecule has 2 aromatic rings. The molecule has 0 aliphatic heterocycles. The van der Waals surface area contributed by atoms with Crippen molar-refractivity contribution in [2.75, 3.05) is 20.2 Å². The van der Waals surface area contributed by atoms with Crippen LogP contribution in [0.3, 0.4) is 0 Å². The molecule has 2 rings (SSSR count). The Balaban J connectivity index is 2.09. The quantitative estimate of drug-likeness (QED) is 0.740. The summed E-state index contributed by atoms with van der Waals surface area (Å²) in [5.74, 6) is 0.303. The third-order valence-corrected chi connectivity index (χ3v) is 4.47. The van der Waals surface area contributed by atoms with Crippen LogP contribution in [0.25, 0.3) is 0 Å². The number of aryl methyl sites for hydroxylation is 1. The van der Waals surface area contributed by atoms with Gasteiger partial charge in [-0.05, 0) is 43.0 Å². The summed E-state index contributed by atoms with van der Waals surface area (Å²) in [4.78, 5) is 26.8. The van der Waals surface area contributed by atoms with Crippen LogP contribution in [-0.2, 0) is 16.0 Å². The van der Waals surface area contributed by atoms with Gasteiger partial charge in [0, 0.05) is 13.6 Å². The van der Waals surface area contributed by atoms with E-state index in [9.17, 15) is 9.59 Å². The van der Waals surface area contributed by atoms with Gasteiger partial charge in [-0.25, -0.2) is 0 Å². The molecule has 2 amide bonds. The third-order valence-electron chi connectivity index (χ3n) is 4.47. The summed E-state index contributed by atoms with van der Waals surface area (Å²) in [5, 5.41) is 2.66. The molecule has 5 nitrogen and oxygen atoms in total. The Morgan fingerprint density at radius 3 is 2.48 bits per heavy atom. The largest absolute Gasteiger partial charge is 0.484 e. The fourth-order valence-electron chi connectivity index (χ4n) is 3.00. The number of nitrogens with zero attached hydrogens (tertiary/aromatic N) is 1. The Morgan fingerprint density at radius 1 is 1.11 bits per heavy atom. The Morgan fingerprint density at radius 2 is 1.85 bits per heavy atom. The summed E-state index contributed by atoms with van der Waals surface area (Å²) in [7, 11) is 1.59. The number of carbonyl (C=O) groups excluding carboxylic acids is 2. The lowest BCUT2D eigenvalue weighted by Crippen LogP contribution is -2.50. The van der Waals surface area contributed by atoms with Crippen LogP contribution < -0.4 is 10.1 Å². The minimum absolute atomic E-state index is 0.0915. The molecule has 0 fully saturated rings. The molecule has 1 atom stereocenters. The lowest BCUT2D eigenvalue weighted by Gasteiger charge is -2.30. The van der Waals surface area contributed by atoms with E-state index in [1.807, 2.05) is 68.4 Å². The average Bonchev–Trinajstić information content (AvgIpc) is 2.69. The minimum Gasteiger partial charge on any atom is -0.484 e. The number of benzene rings is 2. The van der Waals surface area contributed by atoms with Crippen LogP contribution in [0.4, 0.5) is 0 Å². The zero-order chi connectivity index (χ0) is 19.6. The highest BCUT2D eigenvalue weighted by Gasteiger charge is 2.27. The number of rotatable bonds is 9. The first-order valence-corrected chi connectivity index (χ1v) is 9.29. The van der Waals surface area contributed by atoms with Crippen LogP contribution in [0, 0.1) is 6.92 Å². The van der Waals surface area contributed by atoms with E-state index in [1.54, 1.807) is 11.9 Å². The van der Waals surface area contributed by atoms with Crippen LogP contribution in [-0.4, -0.2) is 43.0 Å². The molecular formula is C22H28N2O3. The van der Waals surface area contributed by atoms with Crippen molar-refractivity contribution in [3.8, 4) is 5.75 Å². The van der Waals surface area contributed by atoms with Crippen molar-refractivity contribution in [1.29, 1.82) is 0 Å². The molecule has 0 radical (unpaired) electrons. The third kappa shape index (κ3) is 6.13. The van der Waals surface area contributed by atoms with Crippen molar-refractivity contribution in [1.82, 2.24) is 10.2 Å². The molecule has 0 spiro atoms. The SMILES string of the molecule is CCC(C(=O)NC)N(CCc1ccccc1)C(=O)COc1cccc(C)c1. The fraction of sp³-hybridized carbons (Fsp3) is 0.364. The van der Waals surface area contributed by atoms with Crippen molar-refractivity contribution in [2.45, 2.75) is 32.7 Å². The second-order valence-electron chi connectivity index (χ2n) is 6.47. The summed E-state index contributed by atoms with van der Waals surface area (Å²) in [5.41, 5.74) is 2.19. The molecule has 0 bridgehead atoms. The monoisotopic (exact) mass is 368 g/mol. The minimum atomic E-state index is -0.507. The molecule has 5 heteroatoms. The average molecular weight is 368 g/mol. The first-order chi connectivity index (χ1) is 13.0. The predicted molar refractivity (Wildman–Crippen MR) is 107 cm³/mol. The predicted octanol–water partition coefficient (Wildman–Crippen LogP) is 2.97. The number of amides is 2. The van der Waals surface area contributed by atoms with Gasteiger partial charge in [-0.1, -0.05) is 49.4 Å². The lowest BCUT2D eigenvalue weighted by atomic mass is 10.1. The van der Waals surface area contributed by atoms with Gasteiger partial charge in [-0.15, -0.1) is 0 Å². The molecule has 0 saturated heterocycles. The van der Waals surface area contributed by atoms with E-state index < -0.39 is 6.04 Å². The second kappa shape index (κ2) is 10.4. The molecule has 0 aliphatic carbocycles. The smallest absolute Gasteiger partial charge is 0.261 e. The zero-order valence-corrected chi connectivity index (χ0v) is 16.3. The number of carbonyl (C=O) groups is 2. The van der Waals surface area contributed by atoms with Gasteiger partial charge in [0.25, 0.3) is 5.91 Å². The molecule has 27 heavy (non-hydrogen) atoms. The van der Waals surface area contributed by atoms with Gasteiger partial charge in [0.05, 0.1) is 0 Å². The van der Waals surface area contributed by atoms with E-state index in [2.05, 4.69) is 5.32 Å². The second-order valence-corrected chi connectivity index (χ2v) is 6.47. The van der Waals surface area contributed by atoms with Gasteiger partial charge in [-0.2, -0.15) is 0 Å². The number of ether oxygens (including phenoxy) is 1. The van der Waals surface area contributed by atoms with Crippen LogP contribution >= 0.6 is 0 Å². The van der Waals surface area contributed by atoms with Gasteiger partial charge >= 0.3 is 0 Å². The van der Waals surface area contributed by atoms with Crippen molar-refractivity contribution in [3.63, 3.8) is 0 Å².